The molecule has 1 amide bonds. The first kappa shape index (κ1) is 15.4. The quantitative estimate of drug-likeness (QED) is 0.716. The highest BCUT2D eigenvalue weighted by Gasteiger charge is 2.10. The topological polar surface area (TPSA) is 67.6 Å². The van der Waals surface area contributed by atoms with Gasteiger partial charge in [0.15, 0.2) is 0 Å². The van der Waals surface area contributed by atoms with Gasteiger partial charge in [-0.3, -0.25) is 4.79 Å². The molecule has 0 bridgehead atoms. The molecule has 6 heteroatoms. The van der Waals surface area contributed by atoms with Gasteiger partial charge in [-0.2, -0.15) is 0 Å². The molecule has 19 heavy (non-hydrogen) atoms. The van der Waals surface area contributed by atoms with E-state index in [1.807, 2.05) is 11.9 Å². The van der Waals surface area contributed by atoms with Crippen molar-refractivity contribution in [3.8, 4) is 0 Å². The molecule has 0 atom stereocenters. The Morgan fingerprint density at radius 3 is 2.89 bits per heavy atom. The number of nitrogens with one attached hydrogen (secondary N) is 1. The predicted octanol–water partition coefficient (Wildman–Crippen LogP) is 0.716. The van der Waals surface area contributed by atoms with E-state index in [1.165, 1.54) is 12.1 Å². The second-order valence-electron chi connectivity index (χ2n) is 4.28. The lowest BCUT2D eigenvalue weighted by Gasteiger charge is -2.16. The van der Waals surface area contributed by atoms with Crippen molar-refractivity contribution in [1.82, 2.24) is 10.2 Å². The van der Waals surface area contributed by atoms with Crippen molar-refractivity contribution >= 4 is 11.6 Å². The molecule has 0 saturated heterocycles. The van der Waals surface area contributed by atoms with Crippen molar-refractivity contribution in [3.05, 3.63) is 29.6 Å². The van der Waals surface area contributed by atoms with Crippen LogP contribution in [0.2, 0.25) is 0 Å². The van der Waals surface area contributed by atoms with Gasteiger partial charge < -0.3 is 20.7 Å². The van der Waals surface area contributed by atoms with Gasteiger partial charge in [0.05, 0.1) is 12.2 Å². The van der Waals surface area contributed by atoms with E-state index in [9.17, 15) is 9.18 Å². The van der Waals surface area contributed by atoms with Crippen LogP contribution in [0.5, 0.6) is 0 Å². The molecule has 0 saturated carbocycles. The van der Waals surface area contributed by atoms with Gasteiger partial charge in [0.25, 0.3) is 5.91 Å². The number of halogens is 1. The molecule has 0 aliphatic carbocycles. The van der Waals surface area contributed by atoms with Gasteiger partial charge in [0, 0.05) is 32.4 Å². The molecule has 0 aromatic heterocycles. The maximum Gasteiger partial charge on any atom is 0.253 e. The zero-order chi connectivity index (χ0) is 14.3. The summed E-state index contributed by atoms with van der Waals surface area (Å²) in [5.74, 6) is -0.839. The van der Waals surface area contributed by atoms with Gasteiger partial charge in [-0.25, -0.2) is 4.39 Å². The molecule has 0 aliphatic rings. The van der Waals surface area contributed by atoms with Crippen LogP contribution in [0.4, 0.5) is 10.1 Å². The van der Waals surface area contributed by atoms with Crippen LogP contribution >= 0.6 is 0 Å². The van der Waals surface area contributed by atoms with Gasteiger partial charge in [-0.15, -0.1) is 0 Å². The fourth-order valence-electron chi connectivity index (χ4n) is 1.54. The number of benzene rings is 1. The molecule has 1 aromatic rings. The Morgan fingerprint density at radius 2 is 2.21 bits per heavy atom. The van der Waals surface area contributed by atoms with Crippen molar-refractivity contribution in [1.29, 1.82) is 0 Å². The van der Waals surface area contributed by atoms with E-state index in [0.717, 1.165) is 12.6 Å². The number of hydrogen-bond donors (Lipinski definition) is 2. The lowest BCUT2D eigenvalue weighted by Crippen LogP contribution is -2.34. The van der Waals surface area contributed by atoms with E-state index in [4.69, 9.17) is 10.5 Å². The molecular formula is C13H20FN3O2. The van der Waals surface area contributed by atoms with E-state index in [0.29, 0.717) is 19.7 Å². The van der Waals surface area contributed by atoms with E-state index in [-0.39, 0.29) is 17.2 Å². The standard InChI is InChI=1S/C13H20FN3O2/c1-17(7-8-19-2)6-5-16-13(18)11-9-10(14)3-4-12(11)15/h3-4,9H,5-8,15H2,1-2H3,(H,16,18). The molecule has 1 aromatic carbocycles. The highest BCUT2D eigenvalue weighted by Crippen LogP contribution is 2.12. The smallest absolute Gasteiger partial charge is 0.253 e. The van der Waals surface area contributed by atoms with E-state index >= 15 is 0 Å². The molecule has 0 fully saturated rings. The Bertz CT molecular complexity index is 426. The summed E-state index contributed by atoms with van der Waals surface area (Å²) in [7, 11) is 3.57. The molecule has 5 nitrogen and oxygen atoms in total. The van der Waals surface area contributed by atoms with E-state index in [1.54, 1.807) is 7.11 Å². The van der Waals surface area contributed by atoms with Crippen LogP contribution in [0.25, 0.3) is 0 Å². The van der Waals surface area contributed by atoms with Crippen LogP contribution in [-0.4, -0.2) is 51.2 Å². The third kappa shape index (κ3) is 5.23. The number of rotatable bonds is 7. The summed E-state index contributed by atoms with van der Waals surface area (Å²) in [5.41, 5.74) is 6.07. The number of methoxy groups -OCH3 is 1. The minimum Gasteiger partial charge on any atom is -0.398 e. The number of nitrogens with zero attached hydrogens (tertiary/aromatic N) is 1. The SMILES string of the molecule is COCCN(C)CCNC(=O)c1cc(F)ccc1N. The number of nitrogen functional groups attached to an aromatic ring is 1. The zero-order valence-corrected chi connectivity index (χ0v) is 11.3. The summed E-state index contributed by atoms with van der Waals surface area (Å²) in [6.45, 7) is 2.58. The molecule has 106 valence electrons. The zero-order valence-electron chi connectivity index (χ0n) is 11.3. The van der Waals surface area contributed by atoms with Crippen molar-refractivity contribution in [2.45, 2.75) is 0 Å². The molecule has 0 radical (unpaired) electrons. The Kier molecular flexibility index (Phi) is 6.24. The largest absolute Gasteiger partial charge is 0.398 e. The summed E-state index contributed by atoms with van der Waals surface area (Å²) in [6, 6.07) is 3.75. The van der Waals surface area contributed by atoms with Gasteiger partial charge in [-0.05, 0) is 25.2 Å². The second kappa shape index (κ2) is 7.70. The number of amides is 1. The average Bonchev–Trinajstić information content (AvgIpc) is 2.39. The summed E-state index contributed by atoms with van der Waals surface area (Å²) in [5, 5.41) is 2.71. The monoisotopic (exact) mass is 269 g/mol. The van der Waals surface area contributed by atoms with Crippen molar-refractivity contribution < 1.29 is 13.9 Å². The molecule has 0 aliphatic heterocycles. The average molecular weight is 269 g/mol. The van der Waals surface area contributed by atoms with E-state index < -0.39 is 5.82 Å². The number of anilines is 1. The molecule has 1 rings (SSSR count). The summed E-state index contributed by atoms with van der Waals surface area (Å²) < 4.78 is 18.0. The fourth-order valence-corrected chi connectivity index (χ4v) is 1.54. The van der Waals surface area contributed by atoms with Gasteiger partial charge in [0.2, 0.25) is 0 Å². The number of carbonyl (C=O) groups is 1. The number of ether oxygens (including phenoxy) is 1. The minimum absolute atomic E-state index is 0.166. The Morgan fingerprint density at radius 1 is 1.47 bits per heavy atom. The number of carbonyl (C=O) groups excluding carboxylic acids is 1. The molecule has 0 spiro atoms. The third-order valence-corrected chi connectivity index (χ3v) is 2.72. The third-order valence-electron chi connectivity index (χ3n) is 2.72. The Labute approximate surface area is 112 Å². The van der Waals surface area contributed by atoms with Crippen LogP contribution in [0.3, 0.4) is 0 Å². The normalized spacial score (nSPS) is 10.7. The minimum atomic E-state index is -0.475. The number of nitrogens with two attached hydrogens (primary N) is 1. The summed E-state index contributed by atoms with van der Waals surface area (Å²) in [4.78, 5) is 13.8. The molecule has 0 unspecified atom stereocenters. The molecule has 0 heterocycles. The highest BCUT2D eigenvalue weighted by atomic mass is 19.1. The number of likely N-dealkylation sites (N-methyl/N-ethyl adjacent to an activating group) is 1. The van der Waals surface area contributed by atoms with Gasteiger partial charge in [0.1, 0.15) is 5.82 Å². The van der Waals surface area contributed by atoms with Crippen molar-refractivity contribution in [3.63, 3.8) is 0 Å². The van der Waals surface area contributed by atoms with Crippen LogP contribution in [0.15, 0.2) is 18.2 Å². The van der Waals surface area contributed by atoms with Crippen LogP contribution in [-0.2, 0) is 4.74 Å². The second-order valence-corrected chi connectivity index (χ2v) is 4.28. The Hall–Kier alpha value is -1.66. The van der Waals surface area contributed by atoms with Crippen molar-refractivity contribution in [2.75, 3.05) is 46.1 Å². The van der Waals surface area contributed by atoms with Gasteiger partial charge in [-0.1, -0.05) is 0 Å². The van der Waals surface area contributed by atoms with Crippen LogP contribution < -0.4 is 11.1 Å². The highest BCUT2D eigenvalue weighted by molar-refractivity contribution is 5.99. The van der Waals surface area contributed by atoms with Crippen LogP contribution in [0.1, 0.15) is 10.4 Å². The summed E-state index contributed by atoms with van der Waals surface area (Å²) in [6.07, 6.45) is 0. The maximum absolute atomic E-state index is 13.0. The summed E-state index contributed by atoms with van der Waals surface area (Å²) >= 11 is 0. The van der Waals surface area contributed by atoms with Gasteiger partial charge >= 0.3 is 0 Å². The lowest BCUT2D eigenvalue weighted by molar-refractivity contribution is 0.0948. The van der Waals surface area contributed by atoms with E-state index in [2.05, 4.69) is 5.32 Å². The first-order valence-electron chi connectivity index (χ1n) is 6.05. The first-order chi connectivity index (χ1) is 9.04. The fraction of sp³-hybridized carbons (Fsp3) is 0.462. The lowest BCUT2D eigenvalue weighted by atomic mass is 10.1. The predicted molar refractivity (Wildman–Crippen MR) is 72.5 cm³/mol. The number of hydrogen-bond acceptors (Lipinski definition) is 4. The Balaban J connectivity index is 2.41. The molecule has 3 N–H and O–H groups in total. The van der Waals surface area contributed by atoms with Crippen LogP contribution in [0, 0.1) is 5.82 Å². The van der Waals surface area contributed by atoms with Crippen molar-refractivity contribution in [2.24, 2.45) is 0 Å². The maximum atomic E-state index is 13.0. The first-order valence-corrected chi connectivity index (χ1v) is 6.05. The molecular weight excluding hydrogens is 249 g/mol.